The Morgan fingerprint density at radius 3 is 2.82 bits per heavy atom. The number of nitrogens with one attached hydrogen (secondary N) is 2. The van der Waals surface area contributed by atoms with Crippen LogP contribution in [0.3, 0.4) is 0 Å². The zero-order chi connectivity index (χ0) is 15.7. The lowest BCUT2D eigenvalue weighted by molar-refractivity contribution is 0.159. The Labute approximate surface area is 130 Å². The molecule has 3 N–H and O–H groups in total. The van der Waals surface area contributed by atoms with Crippen LogP contribution in [0.2, 0.25) is 0 Å². The van der Waals surface area contributed by atoms with Gasteiger partial charge in [-0.25, -0.2) is 4.79 Å². The number of benzene rings is 1. The van der Waals surface area contributed by atoms with Crippen LogP contribution in [0.15, 0.2) is 30.5 Å². The topological polar surface area (TPSA) is 66.3 Å². The third-order valence-corrected chi connectivity index (χ3v) is 4.58. The molecule has 2 aromatic rings. The molecule has 1 aromatic carbocycles. The molecule has 0 saturated heterocycles. The molecule has 1 saturated carbocycles. The van der Waals surface area contributed by atoms with Crippen molar-refractivity contribution in [3.8, 4) is 0 Å². The first-order valence-electron chi connectivity index (χ1n) is 7.84. The number of aliphatic hydroxyl groups excluding tert-OH is 1. The monoisotopic (exact) mass is 301 g/mol. The van der Waals surface area contributed by atoms with E-state index in [0.717, 1.165) is 36.0 Å². The van der Waals surface area contributed by atoms with Gasteiger partial charge in [0.15, 0.2) is 0 Å². The Morgan fingerprint density at radius 2 is 2.18 bits per heavy atom. The molecule has 1 fully saturated rings. The number of carbonyl (C=O) groups is 1. The number of carbonyl (C=O) groups excluding carboxylic acids is 1. The van der Waals surface area contributed by atoms with E-state index in [1.807, 2.05) is 31.3 Å². The van der Waals surface area contributed by atoms with Crippen molar-refractivity contribution in [1.29, 1.82) is 0 Å². The van der Waals surface area contributed by atoms with E-state index < -0.39 is 5.54 Å². The van der Waals surface area contributed by atoms with Crippen LogP contribution in [-0.2, 0) is 6.54 Å². The smallest absolute Gasteiger partial charge is 0.319 e. The van der Waals surface area contributed by atoms with Crippen molar-refractivity contribution in [3.05, 3.63) is 30.5 Å². The number of aryl methyl sites for hydroxylation is 1. The Hall–Kier alpha value is -2.01. The van der Waals surface area contributed by atoms with Crippen molar-refractivity contribution < 1.29 is 9.90 Å². The van der Waals surface area contributed by atoms with E-state index in [0.29, 0.717) is 5.92 Å². The summed E-state index contributed by atoms with van der Waals surface area (Å²) in [5.41, 5.74) is 1.33. The summed E-state index contributed by atoms with van der Waals surface area (Å²) in [5, 5.41) is 16.5. The van der Waals surface area contributed by atoms with Crippen LogP contribution in [0.25, 0.3) is 10.9 Å². The Balaban J connectivity index is 1.73. The molecule has 1 aromatic heterocycles. The predicted octanol–water partition coefficient (Wildman–Crippen LogP) is 2.94. The van der Waals surface area contributed by atoms with E-state index >= 15 is 0 Å². The van der Waals surface area contributed by atoms with Gasteiger partial charge in [0.2, 0.25) is 0 Å². The molecule has 1 aliphatic carbocycles. The highest BCUT2D eigenvalue weighted by Crippen LogP contribution is 2.39. The third kappa shape index (κ3) is 2.81. The van der Waals surface area contributed by atoms with Crippen molar-refractivity contribution in [2.24, 2.45) is 5.92 Å². The van der Waals surface area contributed by atoms with Crippen molar-refractivity contribution in [2.75, 3.05) is 11.9 Å². The van der Waals surface area contributed by atoms with E-state index in [-0.39, 0.29) is 12.6 Å². The summed E-state index contributed by atoms with van der Waals surface area (Å²) in [7, 11) is 0. The molecule has 1 aliphatic rings. The number of aromatic nitrogens is 1. The van der Waals surface area contributed by atoms with Gasteiger partial charge in [-0.05, 0) is 56.2 Å². The molecule has 1 atom stereocenters. The van der Waals surface area contributed by atoms with Gasteiger partial charge in [-0.15, -0.1) is 0 Å². The summed E-state index contributed by atoms with van der Waals surface area (Å²) in [6.45, 7) is 4.84. The minimum absolute atomic E-state index is 0.0389. The molecule has 118 valence electrons. The summed E-state index contributed by atoms with van der Waals surface area (Å²) in [4.78, 5) is 12.2. The zero-order valence-corrected chi connectivity index (χ0v) is 13.1. The fourth-order valence-corrected chi connectivity index (χ4v) is 2.95. The van der Waals surface area contributed by atoms with Crippen LogP contribution in [0, 0.1) is 5.92 Å². The largest absolute Gasteiger partial charge is 0.394 e. The molecule has 3 rings (SSSR count). The fourth-order valence-electron chi connectivity index (χ4n) is 2.95. The maximum Gasteiger partial charge on any atom is 0.319 e. The minimum Gasteiger partial charge on any atom is -0.394 e. The van der Waals surface area contributed by atoms with Crippen LogP contribution >= 0.6 is 0 Å². The molecule has 0 radical (unpaired) electrons. The highest BCUT2D eigenvalue weighted by atomic mass is 16.3. The van der Waals surface area contributed by atoms with Gasteiger partial charge in [0.1, 0.15) is 0 Å². The van der Waals surface area contributed by atoms with Crippen molar-refractivity contribution in [3.63, 3.8) is 0 Å². The molecule has 0 bridgehead atoms. The molecule has 2 amide bonds. The number of nitrogens with zero attached hydrogens (tertiary/aromatic N) is 1. The standard InChI is InChI=1S/C17H23N3O2/c1-3-20-9-8-12-4-7-14(10-15(12)20)18-16(22)19-17(2,11-21)13-5-6-13/h4,7-10,13,21H,3,5-6,11H2,1-2H3,(H2,18,19,22)/t17-/m1/s1. The normalized spacial score (nSPS) is 17.2. The summed E-state index contributed by atoms with van der Waals surface area (Å²) in [6, 6.07) is 7.68. The number of urea groups is 1. The highest BCUT2D eigenvalue weighted by molar-refractivity contribution is 5.93. The fraction of sp³-hybridized carbons (Fsp3) is 0.471. The van der Waals surface area contributed by atoms with Crippen LogP contribution in [0.5, 0.6) is 0 Å². The van der Waals surface area contributed by atoms with Crippen LogP contribution in [0.1, 0.15) is 26.7 Å². The maximum absolute atomic E-state index is 12.2. The lowest BCUT2D eigenvalue weighted by Gasteiger charge is -2.28. The average molecular weight is 301 g/mol. The summed E-state index contributed by atoms with van der Waals surface area (Å²) in [5.74, 6) is 0.378. The predicted molar refractivity (Wildman–Crippen MR) is 88.0 cm³/mol. The van der Waals surface area contributed by atoms with E-state index in [2.05, 4.69) is 28.2 Å². The number of anilines is 1. The Morgan fingerprint density at radius 1 is 1.41 bits per heavy atom. The first kappa shape index (κ1) is 14.9. The zero-order valence-electron chi connectivity index (χ0n) is 13.1. The lowest BCUT2D eigenvalue weighted by Crippen LogP contribution is -2.52. The van der Waals surface area contributed by atoms with Gasteiger partial charge >= 0.3 is 6.03 Å². The quantitative estimate of drug-likeness (QED) is 0.795. The molecule has 0 aliphatic heterocycles. The highest BCUT2D eigenvalue weighted by Gasteiger charge is 2.42. The molecule has 22 heavy (non-hydrogen) atoms. The molecule has 0 spiro atoms. The number of hydrogen-bond acceptors (Lipinski definition) is 2. The van der Waals surface area contributed by atoms with Gasteiger partial charge < -0.3 is 20.3 Å². The van der Waals surface area contributed by atoms with Gasteiger partial charge in [0.25, 0.3) is 0 Å². The van der Waals surface area contributed by atoms with Crippen LogP contribution < -0.4 is 10.6 Å². The van der Waals surface area contributed by atoms with Gasteiger partial charge in [-0.3, -0.25) is 0 Å². The molecule has 1 heterocycles. The number of aliphatic hydroxyl groups is 1. The Kier molecular flexibility index (Phi) is 3.83. The number of hydrogen-bond donors (Lipinski definition) is 3. The summed E-state index contributed by atoms with van der Waals surface area (Å²) >= 11 is 0. The molecule has 5 heteroatoms. The second-order valence-corrected chi connectivity index (χ2v) is 6.30. The number of amides is 2. The lowest BCUT2D eigenvalue weighted by atomic mass is 9.97. The number of fused-ring (bicyclic) bond motifs is 1. The van der Waals surface area contributed by atoms with Crippen LogP contribution in [0.4, 0.5) is 10.5 Å². The van der Waals surface area contributed by atoms with Crippen molar-refractivity contribution in [1.82, 2.24) is 9.88 Å². The Bertz CT molecular complexity index is 690. The van der Waals surface area contributed by atoms with E-state index in [4.69, 9.17) is 0 Å². The van der Waals surface area contributed by atoms with E-state index in [9.17, 15) is 9.90 Å². The molecular weight excluding hydrogens is 278 g/mol. The number of rotatable bonds is 5. The van der Waals surface area contributed by atoms with Crippen molar-refractivity contribution in [2.45, 2.75) is 38.8 Å². The van der Waals surface area contributed by atoms with Gasteiger partial charge in [0.05, 0.1) is 17.7 Å². The first-order valence-corrected chi connectivity index (χ1v) is 7.84. The van der Waals surface area contributed by atoms with Gasteiger partial charge in [-0.2, -0.15) is 0 Å². The third-order valence-electron chi connectivity index (χ3n) is 4.58. The van der Waals surface area contributed by atoms with E-state index in [1.165, 1.54) is 0 Å². The first-order chi connectivity index (χ1) is 10.6. The minimum atomic E-state index is -0.530. The molecular formula is C17H23N3O2. The maximum atomic E-state index is 12.2. The van der Waals surface area contributed by atoms with E-state index in [1.54, 1.807) is 0 Å². The van der Waals surface area contributed by atoms with Gasteiger partial charge in [-0.1, -0.05) is 6.07 Å². The second kappa shape index (κ2) is 5.65. The average Bonchev–Trinajstić information content (AvgIpc) is 3.28. The van der Waals surface area contributed by atoms with Crippen LogP contribution in [-0.4, -0.2) is 27.9 Å². The SMILES string of the molecule is CCn1ccc2ccc(NC(=O)N[C@](C)(CO)C3CC3)cc21. The van der Waals surface area contributed by atoms with Crippen molar-refractivity contribution >= 4 is 22.6 Å². The summed E-state index contributed by atoms with van der Waals surface area (Å²) < 4.78 is 2.14. The summed E-state index contributed by atoms with van der Waals surface area (Å²) in [6.07, 6.45) is 4.17. The molecule has 5 nitrogen and oxygen atoms in total. The van der Waals surface area contributed by atoms with Gasteiger partial charge in [0, 0.05) is 18.4 Å². The second-order valence-electron chi connectivity index (χ2n) is 6.30. The molecule has 0 unspecified atom stereocenters.